The number of hydrogen-bond donors (Lipinski definition) is 1. The molecule has 1 heterocycles. The first kappa shape index (κ1) is 17.3. The maximum absolute atomic E-state index is 10.5. The van der Waals surface area contributed by atoms with Crippen LogP contribution in [-0.2, 0) is 13.1 Å². The molecule has 2 aromatic carbocycles. The lowest BCUT2D eigenvalue weighted by molar-refractivity contribution is -0.685. The predicted molar refractivity (Wildman–Crippen MR) is 97.0 cm³/mol. The van der Waals surface area contributed by atoms with Crippen molar-refractivity contribution >= 4 is 11.0 Å². The SMILES string of the molecule is CCn1c(C)[n+](C[C@H](O)COc2ccccc2OC)c2ccccc21. The molecular weight excluding hydrogens is 316 g/mol. The third-order valence-corrected chi connectivity index (χ3v) is 4.45. The van der Waals surface area contributed by atoms with Gasteiger partial charge in [-0.2, -0.15) is 0 Å². The van der Waals surface area contributed by atoms with Crippen molar-refractivity contribution in [2.24, 2.45) is 0 Å². The molecule has 0 saturated carbocycles. The Labute approximate surface area is 148 Å². The second-order valence-corrected chi connectivity index (χ2v) is 6.01. The average Bonchev–Trinajstić information content (AvgIpc) is 2.91. The molecule has 0 saturated heterocycles. The highest BCUT2D eigenvalue weighted by atomic mass is 16.5. The van der Waals surface area contributed by atoms with Crippen molar-refractivity contribution in [1.82, 2.24) is 4.57 Å². The minimum Gasteiger partial charge on any atom is -0.493 e. The Morgan fingerprint density at radius 2 is 1.76 bits per heavy atom. The summed E-state index contributed by atoms with van der Waals surface area (Å²) in [5, 5.41) is 10.5. The van der Waals surface area contributed by atoms with Crippen molar-refractivity contribution in [3.8, 4) is 11.5 Å². The summed E-state index contributed by atoms with van der Waals surface area (Å²) in [4.78, 5) is 0. The molecule has 0 aliphatic heterocycles. The lowest BCUT2D eigenvalue weighted by atomic mass is 10.3. The van der Waals surface area contributed by atoms with Crippen molar-refractivity contribution in [3.63, 3.8) is 0 Å². The van der Waals surface area contributed by atoms with Gasteiger partial charge in [-0.1, -0.05) is 24.3 Å². The van der Waals surface area contributed by atoms with Gasteiger partial charge in [-0.25, -0.2) is 9.13 Å². The van der Waals surface area contributed by atoms with E-state index in [0.717, 1.165) is 17.9 Å². The molecule has 0 fully saturated rings. The van der Waals surface area contributed by atoms with Gasteiger partial charge in [-0.3, -0.25) is 0 Å². The number of benzene rings is 2. The van der Waals surface area contributed by atoms with Crippen molar-refractivity contribution in [2.45, 2.75) is 33.0 Å². The zero-order valence-electron chi connectivity index (χ0n) is 15.0. The van der Waals surface area contributed by atoms with Crippen LogP contribution in [0.3, 0.4) is 0 Å². The van der Waals surface area contributed by atoms with Gasteiger partial charge < -0.3 is 14.6 Å². The fourth-order valence-electron chi connectivity index (χ4n) is 3.23. The molecule has 0 bridgehead atoms. The normalized spacial score (nSPS) is 12.3. The molecule has 0 unspecified atom stereocenters. The summed E-state index contributed by atoms with van der Waals surface area (Å²) in [6.07, 6.45) is -0.621. The van der Waals surface area contributed by atoms with Crippen LogP contribution in [0, 0.1) is 6.92 Å². The van der Waals surface area contributed by atoms with E-state index in [1.165, 1.54) is 5.52 Å². The number of nitrogens with zero attached hydrogens (tertiary/aromatic N) is 2. The minimum atomic E-state index is -0.621. The molecule has 25 heavy (non-hydrogen) atoms. The van der Waals surface area contributed by atoms with Crippen LogP contribution in [-0.4, -0.2) is 29.5 Å². The number of ether oxygens (including phenoxy) is 2. The van der Waals surface area contributed by atoms with Crippen LogP contribution >= 0.6 is 0 Å². The monoisotopic (exact) mass is 341 g/mol. The molecule has 5 heteroatoms. The average molecular weight is 341 g/mol. The number of hydrogen-bond acceptors (Lipinski definition) is 3. The van der Waals surface area contributed by atoms with Crippen molar-refractivity contribution in [1.29, 1.82) is 0 Å². The number of aromatic nitrogens is 2. The molecular formula is C20H25N2O3+. The third-order valence-electron chi connectivity index (χ3n) is 4.45. The number of aliphatic hydroxyl groups is 1. The Balaban J connectivity index is 1.76. The van der Waals surface area contributed by atoms with E-state index in [0.29, 0.717) is 18.0 Å². The Morgan fingerprint density at radius 1 is 1.08 bits per heavy atom. The van der Waals surface area contributed by atoms with E-state index in [-0.39, 0.29) is 6.61 Å². The second-order valence-electron chi connectivity index (χ2n) is 6.01. The number of para-hydroxylation sites is 4. The molecule has 5 nitrogen and oxygen atoms in total. The van der Waals surface area contributed by atoms with Gasteiger partial charge in [0.15, 0.2) is 22.5 Å². The van der Waals surface area contributed by atoms with Gasteiger partial charge >= 0.3 is 0 Å². The van der Waals surface area contributed by atoms with Gasteiger partial charge in [0, 0.05) is 6.92 Å². The molecule has 0 spiro atoms. The van der Waals surface area contributed by atoms with E-state index in [4.69, 9.17) is 9.47 Å². The number of aryl methyl sites for hydroxylation is 1. The molecule has 0 aliphatic rings. The fourth-order valence-corrected chi connectivity index (χ4v) is 3.23. The van der Waals surface area contributed by atoms with Gasteiger partial charge in [0.2, 0.25) is 0 Å². The highest BCUT2D eigenvalue weighted by Gasteiger charge is 2.22. The maximum Gasteiger partial charge on any atom is 0.254 e. The van der Waals surface area contributed by atoms with Crippen LogP contribution in [0.4, 0.5) is 0 Å². The number of imidazole rings is 1. The first-order chi connectivity index (χ1) is 12.2. The molecule has 0 amide bonds. The summed E-state index contributed by atoms with van der Waals surface area (Å²) in [6.45, 7) is 5.79. The summed E-state index contributed by atoms with van der Waals surface area (Å²) in [5.41, 5.74) is 2.30. The van der Waals surface area contributed by atoms with Crippen LogP contribution in [0.1, 0.15) is 12.7 Å². The Bertz CT molecular complexity index is 857. The lowest BCUT2D eigenvalue weighted by Crippen LogP contribution is -2.44. The summed E-state index contributed by atoms with van der Waals surface area (Å²) in [6, 6.07) is 15.7. The summed E-state index contributed by atoms with van der Waals surface area (Å²) < 4.78 is 15.4. The van der Waals surface area contributed by atoms with Crippen LogP contribution in [0.2, 0.25) is 0 Å². The van der Waals surface area contributed by atoms with E-state index < -0.39 is 6.10 Å². The number of methoxy groups -OCH3 is 1. The first-order valence-corrected chi connectivity index (χ1v) is 8.57. The van der Waals surface area contributed by atoms with E-state index in [9.17, 15) is 5.11 Å². The quantitative estimate of drug-likeness (QED) is 0.672. The highest BCUT2D eigenvalue weighted by molar-refractivity contribution is 5.72. The Morgan fingerprint density at radius 3 is 2.48 bits per heavy atom. The molecule has 1 N–H and O–H groups in total. The number of aliphatic hydroxyl groups excluding tert-OH is 1. The largest absolute Gasteiger partial charge is 0.493 e. The predicted octanol–water partition coefficient (Wildman–Crippen LogP) is 2.71. The van der Waals surface area contributed by atoms with E-state index in [1.807, 2.05) is 36.4 Å². The third kappa shape index (κ3) is 3.46. The van der Waals surface area contributed by atoms with Crippen LogP contribution < -0.4 is 14.0 Å². The van der Waals surface area contributed by atoms with Crippen molar-refractivity contribution in [2.75, 3.05) is 13.7 Å². The first-order valence-electron chi connectivity index (χ1n) is 8.57. The van der Waals surface area contributed by atoms with Gasteiger partial charge in [0.25, 0.3) is 5.82 Å². The second kappa shape index (κ2) is 7.57. The van der Waals surface area contributed by atoms with Gasteiger partial charge in [0.1, 0.15) is 19.3 Å². The molecule has 1 atom stereocenters. The number of rotatable bonds is 7. The fraction of sp³-hybridized carbons (Fsp3) is 0.350. The maximum atomic E-state index is 10.5. The van der Waals surface area contributed by atoms with Crippen LogP contribution in [0.15, 0.2) is 48.5 Å². The van der Waals surface area contributed by atoms with Crippen molar-refractivity contribution < 1.29 is 19.1 Å². The molecule has 1 aromatic heterocycles. The van der Waals surface area contributed by atoms with E-state index in [2.05, 4.69) is 35.1 Å². The Kier molecular flexibility index (Phi) is 5.24. The molecule has 3 aromatic rings. The highest BCUT2D eigenvalue weighted by Crippen LogP contribution is 2.25. The standard InChI is InChI=1S/C20H25N2O3/c1-4-21-15(2)22(18-10-6-5-9-17(18)21)13-16(23)14-25-20-12-8-7-11-19(20)24-3/h5-12,16,23H,4,13-14H2,1-3H3/q+1/t16-/m0/s1. The van der Waals surface area contributed by atoms with E-state index in [1.54, 1.807) is 7.11 Å². The molecule has 3 rings (SSSR count). The van der Waals surface area contributed by atoms with Gasteiger partial charge in [-0.05, 0) is 31.2 Å². The van der Waals surface area contributed by atoms with Gasteiger partial charge in [0.05, 0.1) is 13.7 Å². The minimum absolute atomic E-state index is 0.207. The van der Waals surface area contributed by atoms with E-state index >= 15 is 0 Å². The van der Waals surface area contributed by atoms with Gasteiger partial charge in [-0.15, -0.1) is 0 Å². The zero-order valence-corrected chi connectivity index (χ0v) is 15.0. The number of fused-ring (bicyclic) bond motifs is 1. The zero-order chi connectivity index (χ0) is 17.8. The van der Waals surface area contributed by atoms with Crippen molar-refractivity contribution in [3.05, 3.63) is 54.4 Å². The lowest BCUT2D eigenvalue weighted by Gasteiger charge is -2.13. The molecule has 0 radical (unpaired) electrons. The Hall–Kier alpha value is -2.53. The summed E-state index contributed by atoms with van der Waals surface area (Å²) in [5.74, 6) is 2.43. The van der Waals surface area contributed by atoms with Crippen LogP contribution in [0.5, 0.6) is 11.5 Å². The van der Waals surface area contributed by atoms with Crippen LogP contribution in [0.25, 0.3) is 11.0 Å². The summed E-state index contributed by atoms with van der Waals surface area (Å²) in [7, 11) is 1.61. The topological polar surface area (TPSA) is 47.5 Å². The molecule has 0 aliphatic carbocycles. The summed E-state index contributed by atoms with van der Waals surface area (Å²) >= 11 is 0. The smallest absolute Gasteiger partial charge is 0.254 e. The molecule has 132 valence electrons.